The molecule has 0 aliphatic heterocycles. The Bertz CT molecular complexity index is 690. The molecule has 2 bridgehead atoms. The molecule has 142 valence electrons. The lowest BCUT2D eigenvalue weighted by atomic mass is 9.83. The highest BCUT2D eigenvalue weighted by atomic mass is 32.2. The van der Waals surface area contributed by atoms with Crippen LogP contribution in [-0.4, -0.2) is 44.4 Å². The van der Waals surface area contributed by atoms with E-state index in [1.54, 1.807) is 6.92 Å². The molecule has 2 rings (SSSR count). The lowest BCUT2D eigenvalue weighted by Gasteiger charge is -2.35. The highest BCUT2D eigenvalue weighted by Gasteiger charge is 2.72. The average Bonchev–Trinajstić information content (AvgIpc) is 2.95. The van der Waals surface area contributed by atoms with Gasteiger partial charge in [-0.05, 0) is 37.5 Å². The first-order chi connectivity index (χ1) is 10.7. The van der Waals surface area contributed by atoms with Crippen LogP contribution in [0.25, 0.3) is 0 Å². The molecule has 0 amide bonds. The lowest BCUT2D eigenvalue weighted by Crippen LogP contribution is -2.53. The summed E-state index contributed by atoms with van der Waals surface area (Å²) in [6.07, 6.45) is -1.17. The molecule has 4 unspecified atom stereocenters. The molecule has 0 aromatic rings. The summed E-state index contributed by atoms with van der Waals surface area (Å²) in [5, 5.41) is -5.60. The highest BCUT2D eigenvalue weighted by Crippen LogP contribution is 2.58. The number of hydrogen-bond acceptors (Lipinski definition) is 5. The van der Waals surface area contributed by atoms with Crippen molar-refractivity contribution < 1.29 is 43.1 Å². The smallest absolute Gasteiger partial charge is 0.281 e. The summed E-state index contributed by atoms with van der Waals surface area (Å²) < 4.78 is 113. The monoisotopic (exact) mass is 398 g/mol. The molecule has 0 aromatic carbocycles. The minimum Gasteiger partial charge on any atom is -0.281 e. The standard InChI is InChI=1S/C12H18F4O6S2/c1-2-3-23(17,18)22-10-6-7-4-8(10)5-9(7)11(13,14)12(15,16)24(19,20)21/h7-10H,2-6H2,1H3,(H,19,20,21). The first-order valence-corrected chi connectivity index (χ1v) is 10.4. The third kappa shape index (κ3) is 3.29. The second-order valence-corrected chi connectivity index (χ2v) is 9.52. The van der Waals surface area contributed by atoms with Crippen LogP contribution in [-0.2, 0) is 24.4 Å². The molecule has 0 heterocycles. The topological polar surface area (TPSA) is 97.7 Å². The second-order valence-electron chi connectivity index (χ2n) is 6.35. The summed E-state index contributed by atoms with van der Waals surface area (Å²) in [6.45, 7) is 1.62. The van der Waals surface area contributed by atoms with E-state index in [0.29, 0.717) is 6.42 Å². The molecule has 2 saturated carbocycles. The van der Waals surface area contributed by atoms with Gasteiger partial charge in [0.25, 0.3) is 10.1 Å². The summed E-state index contributed by atoms with van der Waals surface area (Å²) in [5.74, 6) is -8.82. The molecule has 0 aromatic heterocycles. The zero-order valence-corrected chi connectivity index (χ0v) is 14.3. The zero-order valence-electron chi connectivity index (χ0n) is 12.7. The molecule has 6 nitrogen and oxygen atoms in total. The van der Waals surface area contributed by atoms with Crippen LogP contribution >= 0.6 is 0 Å². The normalized spacial score (nSPS) is 31.6. The van der Waals surface area contributed by atoms with E-state index in [-0.39, 0.29) is 18.6 Å². The Morgan fingerprint density at radius 1 is 1.04 bits per heavy atom. The quantitative estimate of drug-likeness (QED) is 0.401. The number of alkyl halides is 4. The van der Waals surface area contributed by atoms with Crippen molar-refractivity contribution in [2.75, 3.05) is 5.75 Å². The molecule has 2 aliphatic rings. The molecular weight excluding hydrogens is 380 g/mol. The van der Waals surface area contributed by atoms with Gasteiger partial charge in [0.15, 0.2) is 0 Å². The van der Waals surface area contributed by atoms with E-state index in [4.69, 9.17) is 8.74 Å². The van der Waals surface area contributed by atoms with Gasteiger partial charge >= 0.3 is 21.3 Å². The zero-order chi connectivity index (χ0) is 18.6. The second kappa shape index (κ2) is 6.06. The fourth-order valence-electron chi connectivity index (χ4n) is 3.66. The van der Waals surface area contributed by atoms with Gasteiger partial charge in [0.05, 0.1) is 11.9 Å². The van der Waals surface area contributed by atoms with E-state index in [1.165, 1.54) is 0 Å². The number of fused-ring (bicyclic) bond motifs is 2. The van der Waals surface area contributed by atoms with Gasteiger partial charge in [0.1, 0.15) is 0 Å². The van der Waals surface area contributed by atoms with Crippen LogP contribution in [0.4, 0.5) is 17.6 Å². The molecule has 1 N–H and O–H groups in total. The first kappa shape index (κ1) is 19.9. The first-order valence-electron chi connectivity index (χ1n) is 7.36. The molecule has 4 atom stereocenters. The van der Waals surface area contributed by atoms with Crippen molar-refractivity contribution in [3.05, 3.63) is 0 Å². The average molecular weight is 398 g/mol. The number of rotatable bonds is 7. The number of halogens is 4. The van der Waals surface area contributed by atoms with E-state index >= 15 is 0 Å². The maximum atomic E-state index is 14.0. The van der Waals surface area contributed by atoms with Crippen LogP contribution in [0.15, 0.2) is 0 Å². The van der Waals surface area contributed by atoms with Crippen LogP contribution in [0.5, 0.6) is 0 Å². The Hall–Kier alpha value is -0.460. The van der Waals surface area contributed by atoms with Gasteiger partial charge in [-0.15, -0.1) is 0 Å². The molecular formula is C12H18F4O6S2. The molecule has 0 radical (unpaired) electrons. The summed E-state index contributed by atoms with van der Waals surface area (Å²) in [7, 11) is -10.1. The number of hydrogen-bond donors (Lipinski definition) is 1. The van der Waals surface area contributed by atoms with Crippen molar-refractivity contribution in [1.82, 2.24) is 0 Å². The SMILES string of the molecule is CCCS(=O)(=O)OC1CC2CC1CC2C(F)(F)C(F)(F)S(=O)(=O)O. The third-order valence-corrected chi connectivity index (χ3v) is 7.06. The third-order valence-electron chi connectivity index (χ3n) is 4.69. The van der Waals surface area contributed by atoms with E-state index in [9.17, 15) is 34.4 Å². The van der Waals surface area contributed by atoms with Crippen molar-refractivity contribution in [1.29, 1.82) is 0 Å². The largest absolute Gasteiger partial charge is 0.431 e. The van der Waals surface area contributed by atoms with Crippen molar-refractivity contribution in [3.8, 4) is 0 Å². The van der Waals surface area contributed by atoms with E-state index in [0.717, 1.165) is 0 Å². The van der Waals surface area contributed by atoms with Crippen LogP contribution in [0, 0.1) is 17.8 Å². The van der Waals surface area contributed by atoms with E-state index in [2.05, 4.69) is 0 Å². The van der Waals surface area contributed by atoms with Gasteiger partial charge in [-0.2, -0.15) is 34.4 Å². The Morgan fingerprint density at radius 3 is 2.04 bits per heavy atom. The molecule has 2 fully saturated rings. The van der Waals surface area contributed by atoms with Crippen LogP contribution < -0.4 is 0 Å². The van der Waals surface area contributed by atoms with Crippen LogP contribution in [0.1, 0.15) is 32.6 Å². The van der Waals surface area contributed by atoms with Gasteiger partial charge < -0.3 is 0 Å². The fraction of sp³-hybridized carbons (Fsp3) is 1.00. The van der Waals surface area contributed by atoms with Crippen molar-refractivity contribution in [3.63, 3.8) is 0 Å². The predicted octanol–water partition coefficient (Wildman–Crippen LogP) is 2.27. The molecule has 0 saturated heterocycles. The summed E-state index contributed by atoms with van der Waals surface area (Å²) in [5.41, 5.74) is 0. The summed E-state index contributed by atoms with van der Waals surface area (Å²) in [4.78, 5) is 0. The molecule has 0 spiro atoms. The molecule has 2 aliphatic carbocycles. The van der Waals surface area contributed by atoms with Gasteiger partial charge in [-0.25, -0.2) is 0 Å². The van der Waals surface area contributed by atoms with Gasteiger partial charge in [-0.1, -0.05) is 6.92 Å². The highest BCUT2D eigenvalue weighted by molar-refractivity contribution is 7.87. The van der Waals surface area contributed by atoms with E-state index in [1.807, 2.05) is 0 Å². The minimum atomic E-state index is -6.27. The maximum absolute atomic E-state index is 14.0. The Morgan fingerprint density at radius 2 is 1.62 bits per heavy atom. The molecule has 12 heteroatoms. The lowest BCUT2D eigenvalue weighted by molar-refractivity contribution is -0.204. The van der Waals surface area contributed by atoms with Gasteiger partial charge in [0.2, 0.25) is 0 Å². The van der Waals surface area contributed by atoms with Crippen molar-refractivity contribution in [2.24, 2.45) is 17.8 Å². The van der Waals surface area contributed by atoms with Crippen molar-refractivity contribution >= 4 is 20.2 Å². The van der Waals surface area contributed by atoms with Crippen LogP contribution in [0.2, 0.25) is 0 Å². The van der Waals surface area contributed by atoms with Gasteiger partial charge in [-0.3, -0.25) is 8.74 Å². The summed E-state index contributed by atoms with van der Waals surface area (Å²) >= 11 is 0. The minimum absolute atomic E-state index is 0.0497. The Balaban J connectivity index is 2.13. The Kier molecular flexibility index (Phi) is 5.01. The van der Waals surface area contributed by atoms with Crippen molar-refractivity contribution in [2.45, 2.75) is 49.9 Å². The fourth-order valence-corrected chi connectivity index (χ4v) is 5.36. The predicted molar refractivity (Wildman–Crippen MR) is 74.7 cm³/mol. The molecule has 24 heavy (non-hydrogen) atoms. The Labute approximate surface area is 137 Å². The maximum Gasteiger partial charge on any atom is 0.431 e. The summed E-state index contributed by atoms with van der Waals surface area (Å²) in [6, 6.07) is 0. The van der Waals surface area contributed by atoms with E-state index < -0.39 is 61.7 Å². The van der Waals surface area contributed by atoms with Crippen LogP contribution in [0.3, 0.4) is 0 Å². The van der Waals surface area contributed by atoms with Gasteiger partial charge in [0, 0.05) is 5.92 Å².